The number of pyridine rings is 1. The summed E-state index contributed by atoms with van der Waals surface area (Å²) >= 11 is 0. The molecule has 0 saturated heterocycles. The molecule has 1 amide bonds. The van der Waals surface area contributed by atoms with Gasteiger partial charge in [0, 0.05) is 17.8 Å². The second-order valence-electron chi connectivity index (χ2n) is 6.21. The lowest BCUT2D eigenvalue weighted by Crippen LogP contribution is -2.53. The SMILES string of the molecule is CC1CCCC(N)(C(=O)Nc2cccc3ccncc23)C1. The zero-order chi connectivity index (χ0) is 14.9. The van der Waals surface area contributed by atoms with Crippen LogP contribution in [0.2, 0.25) is 0 Å². The predicted molar refractivity (Wildman–Crippen MR) is 84.9 cm³/mol. The smallest absolute Gasteiger partial charge is 0.244 e. The number of nitrogens with one attached hydrogen (secondary N) is 1. The lowest BCUT2D eigenvalue weighted by atomic mass is 9.76. The monoisotopic (exact) mass is 283 g/mol. The van der Waals surface area contributed by atoms with Crippen LogP contribution in [-0.2, 0) is 4.79 Å². The minimum absolute atomic E-state index is 0.0783. The molecule has 1 heterocycles. The number of carbonyl (C=O) groups excluding carboxylic acids is 1. The molecule has 3 N–H and O–H groups in total. The zero-order valence-corrected chi connectivity index (χ0v) is 12.3. The summed E-state index contributed by atoms with van der Waals surface area (Å²) in [5.41, 5.74) is 6.40. The van der Waals surface area contributed by atoms with Crippen molar-refractivity contribution in [3.63, 3.8) is 0 Å². The molecule has 2 atom stereocenters. The summed E-state index contributed by atoms with van der Waals surface area (Å²) in [7, 11) is 0. The van der Waals surface area contributed by atoms with Gasteiger partial charge < -0.3 is 11.1 Å². The van der Waals surface area contributed by atoms with Crippen LogP contribution in [0.15, 0.2) is 36.7 Å². The van der Waals surface area contributed by atoms with Crippen molar-refractivity contribution in [2.45, 2.75) is 38.1 Å². The second kappa shape index (κ2) is 5.45. The molecule has 0 bridgehead atoms. The molecule has 4 nitrogen and oxygen atoms in total. The van der Waals surface area contributed by atoms with Crippen molar-refractivity contribution >= 4 is 22.4 Å². The average molecular weight is 283 g/mol. The number of fused-ring (bicyclic) bond motifs is 1. The Kier molecular flexibility index (Phi) is 3.64. The van der Waals surface area contributed by atoms with E-state index >= 15 is 0 Å². The fraction of sp³-hybridized carbons (Fsp3) is 0.412. The molecular formula is C17H21N3O. The largest absolute Gasteiger partial charge is 0.324 e. The van der Waals surface area contributed by atoms with E-state index in [1.54, 1.807) is 12.4 Å². The van der Waals surface area contributed by atoms with Gasteiger partial charge in [-0.2, -0.15) is 0 Å². The highest BCUT2D eigenvalue weighted by molar-refractivity contribution is 6.05. The van der Waals surface area contributed by atoms with Gasteiger partial charge in [-0.3, -0.25) is 9.78 Å². The van der Waals surface area contributed by atoms with Crippen molar-refractivity contribution in [3.8, 4) is 0 Å². The number of aromatic nitrogens is 1. The van der Waals surface area contributed by atoms with E-state index in [-0.39, 0.29) is 5.91 Å². The highest BCUT2D eigenvalue weighted by Gasteiger charge is 2.38. The third-order valence-corrected chi connectivity index (χ3v) is 4.42. The van der Waals surface area contributed by atoms with Crippen LogP contribution in [0.5, 0.6) is 0 Å². The van der Waals surface area contributed by atoms with Gasteiger partial charge in [-0.15, -0.1) is 0 Å². The molecule has 2 unspecified atom stereocenters. The first-order chi connectivity index (χ1) is 10.1. The van der Waals surface area contributed by atoms with Gasteiger partial charge in [0.05, 0.1) is 11.2 Å². The van der Waals surface area contributed by atoms with E-state index in [9.17, 15) is 4.79 Å². The molecular weight excluding hydrogens is 262 g/mol. The summed E-state index contributed by atoms with van der Waals surface area (Å²) in [4.78, 5) is 16.8. The van der Waals surface area contributed by atoms with E-state index < -0.39 is 5.54 Å². The first-order valence-electron chi connectivity index (χ1n) is 7.51. The van der Waals surface area contributed by atoms with Gasteiger partial charge in [-0.25, -0.2) is 0 Å². The highest BCUT2D eigenvalue weighted by atomic mass is 16.2. The minimum atomic E-state index is -0.748. The molecule has 1 aromatic heterocycles. The normalized spacial score (nSPS) is 25.7. The Morgan fingerprint density at radius 1 is 1.43 bits per heavy atom. The first-order valence-corrected chi connectivity index (χ1v) is 7.51. The number of carbonyl (C=O) groups is 1. The maximum absolute atomic E-state index is 12.6. The molecule has 4 heteroatoms. The summed E-state index contributed by atoms with van der Waals surface area (Å²) in [6.07, 6.45) is 7.21. The van der Waals surface area contributed by atoms with Crippen LogP contribution < -0.4 is 11.1 Å². The van der Waals surface area contributed by atoms with Crippen molar-refractivity contribution in [2.75, 3.05) is 5.32 Å². The molecule has 1 saturated carbocycles. The minimum Gasteiger partial charge on any atom is -0.324 e. The fourth-order valence-corrected chi connectivity index (χ4v) is 3.27. The summed E-state index contributed by atoms with van der Waals surface area (Å²) < 4.78 is 0. The molecule has 1 aliphatic carbocycles. The molecule has 21 heavy (non-hydrogen) atoms. The summed E-state index contributed by atoms with van der Waals surface area (Å²) in [5.74, 6) is 0.425. The van der Waals surface area contributed by atoms with Gasteiger partial charge in [0.15, 0.2) is 0 Å². The second-order valence-corrected chi connectivity index (χ2v) is 6.21. The van der Waals surface area contributed by atoms with Crippen molar-refractivity contribution in [3.05, 3.63) is 36.7 Å². The van der Waals surface area contributed by atoms with Crippen LogP contribution in [-0.4, -0.2) is 16.4 Å². The lowest BCUT2D eigenvalue weighted by molar-refractivity contribution is -0.122. The van der Waals surface area contributed by atoms with Crippen LogP contribution >= 0.6 is 0 Å². The topological polar surface area (TPSA) is 68.0 Å². The van der Waals surface area contributed by atoms with Crippen LogP contribution in [0, 0.1) is 5.92 Å². The van der Waals surface area contributed by atoms with E-state index in [0.717, 1.165) is 42.1 Å². The molecule has 0 radical (unpaired) electrons. The average Bonchev–Trinajstić information content (AvgIpc) is 2.47. The molecule has 0 spiro atoms. The zero-order valence-electron chi connectivity index (χ0n) is 12.3. The number of nitrogens with two attached hydrogens (primary N) is 1. The van der Waals surface area contributed by atoms with E-state index in [1.165, 1.54) is 0 Å². The summed E-state index contributed by atoms with van der Waals surface area (Å²) in [6.45, 7) is 2.16. The highest BCUT2D eigenvalue weighted by Crippen LogP contribution is 2.32. The van der Waals surface area contributed by atoms with Gasteiger partial charge in [0.25, 0.3) is 0 Å². The molecule has 1 fully saturated rings. The van der Waals surface area contributed by atoms with Gasteiger partial charge in [0.1, 0.15) is 0 Å². The molecule has 2 aromatic rings. The number of amides is 1. The lowest BCUT2D eigenvalue weighted by Gasteiger charge is -2.35. The number of benzene rings is 1. The first kappa shape index (κ1) is 14.0. The Bertz CT molecular complexity index is 665. The van der Waals surface area contributed by atoms with Crippen molar-refractivity contribution in [2.24, 2.45) is 11.7 Å². The van der Waals surface area contributed by atoms with Gasteiger partial charge in [0.2, 0.25) is 5.91 Å². The maximum atomic E-state index is 12.6. The van der Waals surface area contributed by atoms with Crippen LogP contribution in [0.3, 0.4) is 0 Å². The molecule has 110 valence electrons. The Morgan fingerprint density at radius 2 is 2.29 bits per heavy atom. The number of hydrogen-bond donors (Lipinski definition) is 2. The number of nitrogens with zero attached hydrogens (tertiary/aromatic N) is 1. The van der Waals surface area contributed by atoms with Crippen molar-refractivity contribution in [1.29, 1.82) is 0 Å². The summed E-state index contributed by atoms with van der Waals surface area (Å²) in [5, 5.41) is 5.02. The van der Waals surface area contributed by atoms with E-state index in [2.05, 4.69) is 17.2 Å². The van der Waals surface area contributed by atoms with Crippen LogP contribution in [0.1, 0.15) is 32.6 Å². The Hall–Kier alpha value is -1.94. The van der Waals surface area contributed by atoms with E-state index in [1.807, 2.05) is 24.3 Å². The standard InChI is InChI=1S/C17H21N3O/c1-12-4-3-8-17(18,10-12)16(21)20-15-6-2-5-13-7-9-19-11-14(13)15/h2,5-7,9,11-12H,3-4,8,10,18H2,1H3,(H,20,21). The Labute approximate surface area is 124 Å². The van der Waals surface area contributed by atoms with Crippen molar-refractivity contribution in [1.82, 2.24) is 4.98 Å². The van der Waals surface area contributed by atoms with Gasteiger partial charge in [-0.1, -0.05) is 31.9 Å². The molecule has 0 aliphatic heterocycles. The third kappa shape index (κ3) is 2.76. The van der Waals surface area contributed by atoms with E-state index in [4.69, 9.17) is 5.73 Å². The van der Waals surface area contributed by atoms with Gasteiger partial charge >= 0.3 is 0 Å². The quantitative estimate of drug-likeness (QED) is 0.890. The maximum Gasteiger partial charge on any atom is 0.244 e. The number of anilines is 1. The van der Waals surface area contributed by atoms with E-state index in [0.29, 0.717) is 5.92 Å². The Morgan fingerprint density at radius 3 is 3.10 bits per heavy atom. The molecule has 3 rings (SSSR count). The molecule has 1 aromatic carbocycles. The van der Waals surface area contributed by atoms with Gasteiger partial charge in [-0.05, 0) is 36.3 Å². The number of hydrogen-bond acceptors (Lipinski definition) is 3. The third-order valence-electron chi connectivity index (χ3n) is 4.42. The fourth-order valence-electron chi connectivity index (χ4n) is 3.27. The number of rotatable bonds is 2. The van der Waals surface area contributed by atoms with Crippen LogP contribution in [0.25, 0.3) is 10.8 Å². The Balaban J connectivity index is 1.86. The predicted octanol–water partition coefficient (Wildman–Crippen LogP) is 3.08. The summed E-state index contributed by atoms with van der Waals surface area (Å²) in [6, 6.07) is 7.78. The van der Waals surface area contributed by atoms with Crippen molar-refractivity contribution < 1.29 is 4.79 Å². The molecule has 1 aliphatic rings. The van der Waals surface area contributed by atoms with Crippen LogP contribution in [0.4, 0.5) is 5.69 Å².